The van der Waals surface area contributed by atoms with Crippen LogP contribution in [0.3, 0.4) is 0 Å². The van der Waals surface area contributed by atoms with E-state index >= 15 is 0 Å². The second-order valence-electron chi connectivity index (χ2n) is 5.48. The van der Waals surface area contributed by atoms with E-state index < -0.39 is 5.91 Å². The van der Waals surface area contributed by atoms with Gasteiger partial charge in [-0.1, -0.05) is 42.1 Å². The monoisotopic (exact) mass is 464 g/mol. The molecule has 7 nitrogen and oxygen atoms in total. The predicted molar refractivity (Wildman–Crippen MR) is 117 cm³/mol. The van der Waals surface area contributed by atoms with Gasteiger partial charge in [-0.3, -0.25) is 4.79 Å². The zero-order chi connectivity index (χ0) is 20.4. The number of ether oxygens (including phenoxy) is 2. The molecular formula is C19H21BrN4O3S. The molecule has 0 saturated carbocycles. The highest BCUT2D eigenvalue weighted by Gasteiger charge is 2.12. The molecule has 0 saturated heterocycles. The standard InChI is InChI=1S/C19H21BrN4O3S/c1-2-26-16-9-14(8-15(20)18(16)27-11-17(21)25)10-23-24-19(22)28-12-13-6-4-3-5-7-13/h3-10H,2,11-12H2,1H3,(H2,21,25)(H2,22,24). The summed E-state index contributed by atoms with van der Waals surface area (Å²) in [6.45, 7) is 2.04. The first-order chi connectivity index (χ1) is 13.5. The summed E-state index contributed by atoms with van der Waals surface area (Å²) in [6.07, 6.45) is 1.56. The maximum atomic E-state index is 11.0. The molecule has 2 rings (SSSR count). The highest BCUT2D eigenvalue weighted by molar-refractivity contribution is 9.10. The quantitative estimate of drug-likeness (QED) is 0.335. The summed E-state index contributed by atoms with van der Waals surface area (Å²) in [5, 5.41) is 8.39. The van der Waals surface area contributed by atoms with Gasteiger partial charge in [-0.15, -0.1) is 5.10 Å². The molecule has 2 aromatic rings. The Labute approximate surface area is 176 Å². The van der Waals surface area contributed by atoms with Crippen LogP contribution in [-0.4, -0.2) is 30.5 Å². The fraction of sp³-hybridized carbons (Fsp3) is 0.211. The molecule has 0 aliphatic rings. The van der Waals surface area contributed by atoms with Crippen molar-refractivity contribution in [1.29, 1.82) is 0 Å². The highest BCUT2D eigenvalue weighted by atomic mass is 79.9. The molecule has 148 valence electrons. The third kappa shape index (κ3) is 7.24. The van der Waals surface area contributed by atoms with Crippen LogP contribution in [0.15, 0.2) is 57.1 Å². The average molecular weight is 465 g/mol. The Morgan fingerprint density at radius 2 is 1.96 bits per heavy atom. The van der Waals surface area contributed by atoms with Gasteiger partial charge in [-0.25, -0.2) is 0 Å². The summed E-state index contributed by atoms with van der Waals surface area (Å²) in [7, 11) is 0. The molecule has 0 radical (unpaired) electrons. The van der Waals surface area contributed by atoms with E-state index in [0.29, 0.717) is 27.7 Å². The lowest BCUT2D eigenvalue weighted by atomic mass is 10.2. The van der Waals surface area contributed by atoms with E-state index in [2.05, 4.69) is 26.1 Å². The van der Waals surface area contributed by atoms with Crippen LogP contribution in [0.2, 0.25) is 0 Å². The molecule has 0 aliphatic carbocycles. The van der Waals surface area contributed by atoms with Crippen molar-refractivity contribution in [2.45, 2.75) is 12.7 Å². The molecule has 0 fully saturated rings. The van der Waals surface area contributed by atoms with Crippen molar-refractivity contribution >= 4 is 45.0 Å². The van der Waals surface area contributed by atoms with E-state index in [-0.39, 0.29) is 6.61 Å². The molecule has 2 aromatic carbocycles. The Morgan fingerprint density at radius 1 is 1.21 bits per heavy atom. The summed E-state index contributed by atoms with van der Waals surface area (Å²) in [5.74, 6) is 1.02. The van der Waals surface area contributed by atoms with Crippen molar-refractivity contribution in [2.24, 2.45) is 21.7 Å². The van der Waals surface area contributed by atoms with E-state index in [9.17, 15) is 4.79 Å². The summed E-state index contributed by atoms with van der Waals surface area (Å²) < 4.78 is 11.6. The van der Waals surface area contributed by atoms with Gasteiger partial charge in [-0.2, -0.15) is 5.10 Å². The van der Waals surface area contributed by atoms with E-state index in [1.807, 2.05) is 37.3 Å². The molecule has 0 bridgehead atoms. The van der Waals surface area contributed by atoms with Crippen molar-refractivity contribution in [3.8, 4) is 11.5 Å². The third-order valence-corrected chi connectivity index (χ3v) is 4.73. The van der Waals surface area contributed by atoms with Crippen LogP contribution in [0, 0.1) is 0 Å². The first kappa shape index (κ1) is 21.8. The van der Waals surface area contributed by atoms with Crippen molar-refractivity contribution in [3.05, 3.63) is 58.1 Å². The number of hydrogen-bond acceptors (Lipinski definition) is 6. The van der Waals surface area contributed by atoms with Crippen LogP contribution in [-0.2, 0) is 10.5 Å². The highest BCUT2D eigenvalue weighted by Crippen LogP contribution is 2.36. The Kier molecular flexibility index (Phi) is 8.83. The van der Waals surface area contributed by atoms with Crippen LogP contribution < -0.4 is 20.9 Å². The minimum Gasteiger partial charge on any atom is -0.490 e. The van der Waals surface area contributed by atoms with Crippen LogP contribution in [0.5, 0.6) is 11.5 Å². The van der Waals surface area contributed by atoms with Gasteiger partial charge < -0.3 is 20.9 Å². The number of primary amides is 1. The van der Waals surface area contributed by atoms with E-state index in [1.165, 1.54) is 11.8 Å². The normalized spacial score (nSPS) is 11.6. The second kappa shape index (κ2) is 11.4. The molecule has 0 aromatic heterocycles. The van der Waals surface area contributed by atoms with E-state index in [0.717, 1.165) is 16.9 Å². The maximum Gasteiger partial charge on any atom is 0.255 e. The van der Waals surface area contributed by atoms with E-state index in [4.69, 9.17) is 20.9 Å². The third-order valence-electron chi connectivity index (χ3n) is 3.28. The molecule has 0 unspecified atom stereocenters. The van der Waals surface area contributed by atoms with Gasteiger partial charge in [0, 0.05) is 5.75 Å². The molecule has 0 aliphatic heterocycles. The maximum absolute atomic E-state index is 11.0. The fourth-order valence-corrected chi connectivity index (χ4v) is 3.31. The number of carbonyl (C=O) groups excluding carboxylic acids is 1. The summed E-state index contributed by atoms with van der Waals surface area (Å²) in [5.41, 5.74) is 12.9. The number of benzene rings is 2. The average Bonchev–Trinajstić information content (AvgIpc) is 2.66. The van der Waals surface area contributed by atoms with Gasteiger partial charge in [0.15, 0.2) is 23.3 Å². The van der Waals surface area contributed by atoms with Gasteiger partial charge in [0.2, 0.25) is 0 Å². The fourth-order valence-electron chi connectivity index (χ4n) is 2.12. The van der Waals surface area contributed by atoms with Crippen LogP contribution in [0.4, 0.5) is 0 Å². The molecule has 28 heavy (non-hydrogen) atoms. The number of halogens is 1. The summed E-state index contributed by atoms with van der Waals surface area (Å²) in [6, 6.07) is 13.5. The van der Waals surface area contributed by atoms with Crippen LogP contribution in [0.25, 0.3) is 0 Å². The molecule has 9 heteroatoms. The van der Waals surface area contributed by atoms with Crippen molar-refractivity contribution < 1.29 is 14.3 Å². The Balaban J connectivity index is 2.06. The Morgan fingerprint density at radius 3 is 2.64 bits per heavy atom. The lowest BCUT2D eigenvalue weighted by Gasteiger charge is -2.13. The van der Waals surface area contributed by atoms with Crippen LogP contribution in [0.1, 0.15) is 18.1 Å². The second-order valence-corrected chi connectivity index (χ2v) is 7.33. The first-order valence-corrected chi connectivity index (χ1v) is 10.2. The van der Waals surface area contributed by atoms with Gasteiger partial charge in [-0.05, 0) is 46.1 Å². The number of amides is 1. The number of thioether (sulfide) groups is 1. The molecule has 4 N–H and O–H groups in total. The zero-order valence-electron chi connectivity index (χ0n) is 15.3. The number of rotatable bonds is 9. The Hall–Kier alpha value is -2.52. The number of carbonyl (C=O) groups is 1. The zero-order valence-corrected chi connectivity index (χ0v) is 17.7. The van der Waals surface area contributed by atoms with Crippen LogP contribution >= 0.6 is 27.7 Å². The number of nitrogens with two attached hydrogens (primary N) is 2. The Bertz CT molecular complexity index is 860. The molecule has 0 spiro atoms. The topological polar surface area (TPSA) is 112 Å². The minimum atomic E-state index is -0.571. The number of hydrogen-bond donors (Lipinski definition) is 2. The van der Waals surface area contributed by atoms with E-state index in [1.54, 1.807) is 18.3 Å². The largest absolute Gasteiger partial charge is 0.490 e. The van der Waals surface area contributed by atoms with Crippen molar-refractivity contribution in [3.63, 3.8) is 0 Å². The molecule has 0 atom stereocenters. The molecule has 1 amide bonds. The summed E-state index contributed by atoms with van der Waals surface area (Å²) in [4.78, 5) is 11.0. The minimum absolute atomic E-state index is 0.244. The van der Waals surface area contributed by atoms with Gasteiger partial charge in [0.1, 0.15) is 0 Å². The molecule has 0 heterocycles. The smallest absolute Gasteiger partial charge is 0.255 e. The lowest BCUT2D eigenvalue weighted by Crippen LogP contribution is -2.20. The van der Waals surface area contributed by atoms with Gasteiger partial charge in [0.05, 0.1) is 17.3 Å². The number of amidine groups is 1. The predicted octanol–water partition coefficient (Wildman–Crippen LogP) is 3.29. The lowest BCUT2D eigenvalue weighted by molar-refractivity contribution is -0.119. The molecular weight excluding hydrogens is 444 g/mol. The van der Waals surface area contributed by atoms with Crippen molar-refractivity contribution in [1.82, 2.24) is 0 Å². The SMILES string of the molecule is CCOc1cc(C=NN=C(N)SCc2ccccc2)cc(Br)c1OCC(N)=O. The summed E-state index contributed by atoms with van der Waals surface area (Å²) >= 11 is 4.81. The van der Waals surface area contributed by atoms with Crippen molar-refractivity contribution in [2.75, 3.05) is 13.2 Å². The van der Waals surface area contributed by atoms with Gasteiger partial charge >= 0.3 is 0 Å². The number of nitrogens with zero attached hydrogens (tertiary/aromatic N) is 2. The first-order valence-electron chi connectivity index (χ1n) is 8.40. The van der Waals surface area contributed by atoms with Gasteiger partial charge in [0.25, 0.3) is 5.91 Å².